The number of rotatable bonds is 7. The second kappa shape index (κ2) is 9.35. The van der Waals surface area contributed by atoms with Gasteiger partial charge in [-0.25, -0.2) is 4.68 Å². The summed E-state index contributed by atoms with van der Waals surface area (Å²) in [6.07, 6.45) is 0.749. The monoisotopic (exact) mass is 425 g/mol. The van der Waals surface area contributed by atoms with E-state index >= 15 is 0 Å². The maximum absolute atomic E-state index is 13.4. The van der Waals surface area contributed by atoms with Crippen molar-refractivity contribution in [1.29, 1.82) is 0 Å². The number of pyridine rings is 1. The van der Waals surface area contributed by atoms with E-state index in [4.69, 9.17) is 11.6 Å². The van der Waals surface area contributed by atoms with Gasteiger partial charge in [0, 0.05) is 11.9 Å². The summed E-state index contributed by atoms with van der Waals surface area (Å²) in [4.78, 5) is 26.6. The fourth-order valence-electron chi connectivity index (χ4n) is 3.61. The van der Waals surface area contributed by atoms with E-state index in [1.54, 1.807) is 25.1 Å². The molecule has 30 heavy (non-hydrogen) atoms. The number of carbonyl (C=O) groups is 1. The highest BCUT2D eigenvalue weighted by atomic mass is 35.5. The Morgan fingerprint density at radius 1 is 1.10 bits per heavy atom. The van der Waals surface area contributed by atoms with Gasteiger partial charge in [-0.15, -0.1) is 0 Å². The summed E-state index contributed by atoms with van der Waals surface area (Å²) in [7, 11) is 0. The van der Waals surface area contributed by atoms with E-state index < -0.39 is 0 Å². The second-order valence-corrected chi connectivity index (χ2v) is 8.27. The van der Waals surface area contributed by atoms with Crippen LogP contribution >= 0.6 is 11.6 Å². The first-order chi connectivity index (χ1) is 14.3. The zero-order chi connectivity index (χ0) is 21.8. The third-order valence-corrected chi connectivity index (χ3v) is 5.51. The van der Waals surface area contributed by atoms with Crippen molar-refractivity contribution in [3.05, 3.63) is 80.7 Å². The number of hydrogen-bond acceptors (Lipinski definition) is 3. The van der Waals surface area contributed by atoms with E-state index in [2.05, 4.69) is 24.6 Å². The van der Waals surface area contributed by atoms with E-state index in [9.17, 15) is 9.59 Å². The fraction of sp³-hybridized carbons (Fsp3) is 0.333. The van der Waals surface area contributed by atoms with Crippen molar-refractivity contribution in [2.75, 3.05) is 12.0 Å². The van der Waals surface area contributed by atoms with E-state index in [1.165, 1.54) is 4.68 Å². The van der Waals surface area contributed by atoms with Crippen molar-refractivity contribution in [3.8, 4) is 0 Å². The van der Waals surface area contributed by atoms with Crippen LogP contribution in [0.2, 0.25) is 5.02 Å². The SMILES string of the molecule is CC[C@H](NC(=O)c1c(C)n(NCC(C)C)c(=O)c2c(Cl)cccc12)c1ccccc1. The molecule has 3 rings (SSSR count). The quantitative estimate of drug-likeness (QED) is 0.557. The van der Waals surface area contributed by atoms with Crippen LogP contribution in [0.5, 0.6) is 0 Å². The van der Waals surface area contributed by atoms with Crippen molar-refractivity contribution in [1.82, 2.24) is 9.99 Å². The molecule has 1 atom stereocenters. The molecule has 6 heteroatoms. The molecule has 1 amide bonds. The number of hydrogen-bond donors (Lipinski definition) is 2. The Kier molecular flexibility index (Phi) is 6.83. The molecule has 1 heterocycles. The summed E-state index contributed by atoms with van der Waals surface area (Å²) in [5.74, 6) is 0.105. The first-order valence-electron chi connectivity index (χ1n) is 10.3. The summed E-state index contributed by atoms with van der Waals surface area (Å²) >= 11 is 6.38. The number of nitrogens with zero attached hydrogens (tertiary/aromatic N) is 1. The molecule has 0 aliphatic rings. The maximum Gasteiger partial charge on any atom is 0.278 e. The summed E-state index contributed by atoms with van der Waals surface area (Å²) in [5.41, 5.74) is 4.97. The lowest BCUT2D eigenvalue weighted by atomic mass is 10.0. The van der Waals surface area contributed by atoms with Gasteiger partial charge in [0.2, 0.25) is 0 Å². The number of nitrogens with one attached hydrogen (secondary N) is 2. The van der Waals surface area contributed by atoms with Gasteiger partial charge in [0.1, 0.15) is 0 Å². The van der Waals surface area contributed by atoms with E-state index in [0.29, 0.717) is 39.5 Å². The minimum absolute atomic E-state index is 0.128. The number of benzene rings is 2. The molecule has 0 radical (unpaired) electrons. The molecule has 0 spiro atoms. The van der Waals surface area contributed by atoms with Gasteiger partial charge in [0.05, 0.1) is 27.7 Å². The van der Waals surface area contributed by atoms with Gasteiger partial charge in [0.25, 0.3) is 11.5 Å². The molecular weight excluding hydrogens is 398 g/mol. The van der Waals surface area contributed by atoms with Gasteiger partial charge in [-0.05, 0) is 30.9 Å². The molecule has 1 aromatic heterocycles. The van der Waals surface area contributed by atoms with Crippen molar-refractivity contribution < 1.29 is 4.79 Å². The van der Waals surface area contributed by atoms with Gasteiger partial charge < -0.3 is 10.7 Å². The van der Waals surface area contributed by atoms with Gasteiger partial charge in [-0.1, -0.05) is 74.8 Å². The Hall–Kier alpha value is -2.79. The molecule has 0 aliphatic heterocycles. The van der Waals surface area contributed by atoms with Gasteiger partial charge in [-0.2, -0.15) is 0 Å². The summed E-state index contributed by atoms with van der Waals surface area (Å²) in [6, 6.07) is 15.0. The first kappa shape index (κ1) is 21.9. The van der Waals surface area contributed by atoms with Crippen molar-refractivity contribution in [2.45, 2.75) is 40.2 Å². The molecular formula is C24H28ClN3O2. The smallest absolute Gasteiger partial charge is 0.278 e. The lowest BCUT2D eigenvalue weighted by Crippen LogP contribution is -2.37. The Morgan fingerprint density at radius 3 is 2.43 bits per heavy atom. The molecule has 2 aromatic carbocycles. The van der Waals surface area contributed by atoms with Gasteiger partial charge in [-0.3, -0.25) is 9.59 Å². The molecule has 0 bridgehead atoms. The molecule has 5 nitrogen and oxygen atoms in total. The van der Waals surface area contributed by atoms with Crippen LogP contribution in [-0.4, -0.2) is 17.1 Å². The van der Waals surface area contributed by atoms with Crippen molar-refractivity contribution in [2.24, 2.45) is 5.92 Å². The van der Waals surface area contributed by atoms with Crippen LogP contribution in [0.15, 0.2) is 53.3 Å². The Balaban J connectivity index is 2.13. The average Bonchev–Trinajstić information content (AvgIpc) is 2.72. The highest BCUT2D eigenvalue weighted by Crippen LogP contribution is 2.26. The third kappa shape index (κ3) is 4.36. The minimum Gasteiger partial charge on any atom is -0.345 e. The lowest BCUT2D eigenvalue weighted by molar-refractivity contribution is 0.0936. The Morgan fingerprint density at radius 2 is 1.80 bits per heavy atom. The molecule has 0 saturated carbocycles. The Labute approximate surface area is 182 Å². The number of halogens is 1. The maximum atomic E-state index is 13.4. The first-order valence-corrected chi connectivity index (χ1v) is 10.7. The summed E-state index contributed by atoms with van der Waals surface area (Å²) in [5, 5.41) is 4.38. The molecule has 2 N–H and O–H groups in total. The van der Waals surface area contributed by atoms with Crippen molar-refractivity contribution >= 4 is 28.3 Å². The predicted octanol–water partition coefficient (Wildman–Crippen LogP) is 5.04. The zero-order valence-electron chi connectivity index (χ0n) is 17.8. The summed E-state index contributed by atoms with van der Waals surface area (Å²) < 4.78 is 1.45. The zero-order valence-corrected chi connectivity index (χ0v) is 18.6. The van der Waals surface area contributed by atoms with Crippen LogP contribution in [0.1, 0.15) is 54.8 Å². The van der Waals surface area contributed by atoms with Crippen LogP contribution in [0.3, 0.4) is 0 Å². The largest absolute Gasteiger partial charge is 0.345 e. The molecule has 0 fully saturated rings. The number of carbonyl (C=O) groups excluding carboxylic acids is 1. The molecule has 0 aliphatic carbocycles. The summed E-state index contributed by atoms with van der Waals surface area (Å²) in [6.45, 7) is 8.53. The number of amides is 1. The highest BCUT2D eigenvalue weighted by Gasteiger charge is 2.23. The molecule has 3 aromatic rings. The van der Waals surface area contributed by atoms with Crippen LogP contribution in [-0.2, 0) is 0 Å². The topological polar surface area (TPSA) is 63.1 Å². The van der Waals surface area contributed by atoms with Crippen molar-refractivity contribution in [3.63, 3.8) is 0 Å². The standard InChI is InChI=1S/C24H28ClN3O2/c1-5-20(17-10-7-6-8-11-17)27-23(29)21-16(4)28(26-14-15(2)3)24(30)22-18(21)12-9-13-19(22)25/h6-13,15,20,26H,5,14H2,1-4H3,(H,27,29)/t20-/m0/s1. The molecule has 0 saturated heterocycles. The minimum atomic E-state index is -0.250. The van der Waals surface area contributed by atoms with Crippen LogP contribution in [0, 0.1) is 12.8 Å². The van der Waals surface area contributed by atoms with E-state index in [1.807, 2.05) is 37.3 Å². The molecule has 158 valence electrons. The fourth-order valence-corrected chi connectivity index (χ4v) is 3.86. The van der Waals surface area contributed by atoms with Gasteiger partial charge in [0.15, 0.2) is 0 Å². The normalized spacial score (nSPS) is 12.2. The third-order valence-electron chi connectivity index (χ3n) is 5.20. The van der Waals surface area contributed by atoms with Crippen LogP contribution in [0.4, 0.5) is 0 Å². The van der Waals surface area contributed by atoms with E-state index in [-0.39, 0.29) is 17.5 Å². The van der Waals surface area contributed by atoms with Gasteiger partial charge >= 0.3 is 0 Å². The van der Waals surface area contributed by atoms with E-state index in [0.717, 1.165) is 12.0 Å². The van der Waals surface area contributed by atoms with Crippen LogP contribution in [0.25, 0.3) is 10.8 Å². The lowest BCUT2D eigenvalue weighted by Gasteiger charge is -2.22. The average molecular weight is 426 g/mol. The predicted molar refractivity (Wildman–Crippen MR) is 124 cm³/mol. The van der Waals surface area contributed by atoms with Crippen LogP contribution < -0.4 is 16.3 Å². The molecule has 0 unspecified atom stereocenters. The highest BCUT2D eigenvalue weighted by molar-refractivity contribution is 6.36. The number of aromatic nitrogens is 1. The number of fused-ring (bicyclic) bond motifs is 1. The Bertz CT molecular complexity index is 1110. The second-order valence-electron chi connectivity index (χ2n) is 7.86.